The van der Waals surface area contributed by atoms with Crippen LogP contribution in [0.2, 0.25) is 0 Å². The van der Waals surface area contributed by atoms with Crippen molar-refractivity contribution in [3.63, 3.8) is 0 Å². The minimum Gasteiger partial charge on any atom is -0.336 e. The van der Waals surface area contributed by atoms with Crippen molar-refractivity contribution in [3.05, 3.63) is 29.8 Å². The number of aromatic amines is 1. The Morgan fingerprint density at radius 1 is 1.19 bits per heavy atom. The van der Waals surface area contributed by atoms with Crippen LogP contribution in [0.3, 0.4) is 0 Å². The molecule has 2 N–H and O–H groups in total. The van der Waals surface area contributed by atoms with Crippen molar-refractivity contribution in [3.8, 4) is 17.5 Å². The van der Waals surface area contributed by atoms with Crippen LogP contribution in [0.1, 0.15) is 19.4 Å². The lowest BCUT2D eigenvalue weighted by molar-refractivity contribution is 0.403. The highest BCUT2D eigenvalue weighted by Crippen LogP contribution is 2.19. The van der Waals surface area contributed by atoms with E-state index in [4.69, 9.17) is 5.26 Å². The molecule has 0 radical (unpaired) electrons. The summed E-state index contributed by atoms with van der Waals surface area (Å²) >= 11 is 0. The van der Waals surface area contributed by atoms with Crippen LogP contribution in [-0.4, -0.2) is 40.4 Å². The molecule has 2 unspecified atom stereocenters. The SMILES string of the molecule is CC1CN(c2n[nH]c(-c3ccc(C#N)cc3)n2)CC(C)N1. The van der Waals surface area contributed by atoms with Crippen molar-refractivity contribution >= 4 is 5.95 Å². The van der Waals surface area contributed by atoms with Crippen LogP contribution < -0.4 is 10.2 Å². The van der Waals surface area contributed by atoms with E-state index in [2.05, 4.69) is 45.3 Å². The van der Waals surface area contributed by atoms with Gasteiger partial charge in [-0.3, -0.25) is 5.10 Å². The first-order valence-corrected chi connectivity index (χ1v) is 7.09. The number of piperazine rings is 1. The highest BCUT2D eigenvalue weighted by atomic mass is 15.4. The van der Waals surface area contributed by atoms with Crippen LogP contribution in [0.15, 0.2) is 24.3 Å². The Morgan fingerprint density at radius 2 is 1.86 bits per heavy atom. The van der Waals surface area contributed by atoms with E-state index in [1.165, 1.54) is 0 Å². The molecule has 1 aliphatic heterocycles. The Balaban J connectivity index is 1.81. The zero-order valence-corrected chi connectivity index (χ0v) is 12.2. The number of anilines is 1. The van der Waals surface area contributed by atoms with Crippen LogP contribution in [0, 0.1) is 11.3 Å². The largest absolute Gasteiger partial charge is 0.336 e. The van der Waals surface area contributed by atoms with Gasteiger partial charge >= 0.3 is 0 Å². The molecule has 21 heavy (non-hydrogen) atoms. The Hall–Kier alpha value is -2.39. The van der Waals surface area contributed by atoms with Crippen LogP contribution in [0.5, 0.6) is 0 Å². The molecule has 1 aliphatic rings. The molecule has 2 heterocycles. The van der Waals surface area contributed by atoms with Crippen molar-refractivity contribution in [1.82, 2.24) is 20.5 Å². The molecule has 0 bridgehead atoms. The smallest absolute Gasteiger partial charge is 0.245 e. The second kappa shape index (κ2) is 5.54. The van der Waals surface area contributed by atoms with Crippen molar-refractivity contribution in [2.24, 2.45) is 0 Å². The molecule has 0 saturated carbocycles. The summed E-state index contributed by atoms with van der Waals surface area (Å²) in [4.78, 5) is 6.77. The molecule has 1 aromatic carbocycles. The molecule has 1 saturated heterocycles. The summed E-state index contributed by atoms with van der Waals surface area (Å²) in [6, 6.07) is 10.3. The summed E-state index contributed by atoms with van der Waals surface area (Å²) in [7, 11) is 0. The zero-order chi connectivity index (χ0) is 14.8. The fourth-order valence-electron chi connectivity index (χ4n) is 2.72. The van der Waals surface area contributed by atoms with Gasteiger partial charge in [0.2, 0.25) is 5.95 Å². The zero-order valence-electron chi connectivity index (χ0n) is 12.2. The molecule has 3 rings (SSSR count). The summed E-state index contributed by atoms with van der Waals surface area (Å²) < 4.78 is 0. The van der Waals surface area contributed by atoms with E-state index in [9.17, 15) is 0 Å². The van der Waals surface area contributed by atoms with Crippen LogP contribution >= 0.6 is 0 Å². The summed E-state index contributed by atoms with van der Waals surface area (Å²) in [5, 5.41) is 19.6. The molecule has 6 heteroatoms. The lowest BCUT2D eigenvalue weighted by Gasteiger charge is -2.35. The number of benzene rings is 1. The van der Waals surface area contributed by atoms with E-state index in [-0.39, 0.29) is 0 Å². The van der Waals surface area contributed by atoms with Crippen molar-refractivity contribution in [1.29, 1.82) is 5.26 Å². The quantitative estimate of drug-likeness (QED) is 0.873. The Labute approximate surface area is 123 Å². The molecule has 0 amide bonds. The molecular formula is C15H18N6. The van der Waals surface area contributed by atoms with Gasteiger partial charge in [-0.25, -0.2) is 0 Å². The molecular weight excluding hydrogens is 264 g/mol. The topological polar surface area (TPSA) is 80.6 Å². The second-order valence-electron chi connectivity index (χ2n) is 5.55. The Bertz CT molecular complexity index is 644. The first-order chi connectivity index (χ1) is 10.2. The standard InChI is InChI=1S/C15H18N6/c1-10-8-21(9-11(2)17-10)15-18-14(19-20-15)13-5-3-12(7-16)4-6-13/h3-6,10-11,17H,8-9H2,1-2H3,(H,18,19,20). The Morgan fingerprint density at radius 3 is 2.48 bits per heavy atom. The van der Waals surface area contributed by atoms with E-state index in [1.807, 2.05) is 12.1 Å². The summed E-state index contributed by atoms with van der Waals surface area (Å²) in [6.07, 6.45) is 0. The van der Waals surface area contributed by atoms with Gasteiger partial charge in [-0.15, -0.1) is 5.10 Å². The maximum atomic E-state index is 8.82. The van der Waals surface area contributed by atoms with E-state index in [0.717, 1.165) is 30.4 Å². The second-order valence-corrected chi connectivity index (χ2v) is 5.55. The number of hydrogen-bond donors (Lipinski definition) is 2. The molecule has 1 aromatic heterocycles. The maximum Gasteiger partial charge on any atom is 0.245 e. The van der Waals surface area contributed by atoms with Crippen molar-refractivity contribution < 1.29 is 0 Å². The molecule has 2 aromatic rings. The maximum absolute atomic E-state index is 8.82. The van der Waals surface area contributed by atoms with Gasteiger partial charge < -0.3 is 10.2 Å². The fraction of sp³-hybridized carbons (Fsp3) is 0.400. The number of H-pyrrole nitrogens is 1. The number of hydrogen-bond acceptors (Lipinski definition) is 5. The third-order valence-electron chi connectivity index (χ3n) is 3.60. The van der Waals surface area contributed by atoms with Gasteiger partial charge in [0, 0.05) is 30.7 Å². The van der Waals surface area contributed by atoms with Crippen molar-refractivity contribution in [2.45, 2.75) is 25.9 Å². The van der Waals surface area contributed by atoms with Crippen LogP contribution in [0.4, 0.5) is 5.95 Å². The summed E-state index contributed by atoms with van der Waals surface area (Å²) in [5.41, 5.74) is 1.58. The van der Waals surface area contributed by atoms with Crippen LogP contribution in [-0.2, 0) is 0 Å². The predicted molar refractivity (Wildman–Crippen MR) is 80.8 cm³/mol. The van der Waals surface area contributed by atoms with Gasteiger partial charge in [-0.1, -0.05) is 0 Å². The molecule has 1 fully saturated rings. The van der Waals surface area contributed by atoms with Gasteiger partial charge in [0.1, 0.15) is 0 Å². The Kier molecular flexibility index (Phi) is 3.59. The average Bonchev–Trinajstić information content (AvgIpc) is 2.96. The molecule has 6 nitrogen and oxygen atoms in total. The molecule has 0 aliphatic carbocycles. The number of nitrogens with zero attached hydrogens (tertiary/aromatic N) is 4. The predicted octanol–water partition coefficient (Wildman–Crippen LogP) is 1.53. The monoisotopic (exact) mass is 282 g/mol. The molecule has 0 spiro atoms. The van der Waals surface area contributed by atoms with Gasteiger partial charge in [0.25, 0.3) is 0 Å². The number of aromatic nitrogens is 3. The lowest BCUT2D eigenvalue weighted by Crippen LogP contribution is -2.54. The number of nitrogens with one attached hydrogen (secondary N) is 2. The van der Waals surface area contributed by atoms with Crippen LogP contribution in [0.25, 0.3) is 11.4 Å². The minimum absolute atomic E-state index is 0.422. The van der Waals surface area contributed by atoms with Gasteiger partial charge in [0.15, 0.2) is 5.82 Å². The molecule has 108 valence electrons. The summed E-state index contributed by atoms with van der Waals surface area (Å²) in [6.45, 7) is 6.12. The van der Waals surface area contributed by atoms with Gasteiger partial charge in [-0.05, 0) is 38.1 Å². The molecule has 2 atom stereocenters. The van der Waals surface area contributed by atoms with E-state index in [1.54, 1.807) is 12.1 Å². The van der Waals surface area contributed by atoms with Gasteiger partial charge in [0.05, 0.1) is 11.6 Å². The van der Waals surface area contributed by atoms with E-state index >= 15 is 0 Å². The average molecular weight is 282 g/mol. The van der Waals surface area contributed by atoms with E-state index < -0.39 is 0 Å². The van der Waals surface area contributed by atoms with E-state index in [0.29, 0.717) is 17.6 Å². The fourth-order valence-corrected chi connectivity index (χ4v) is 2.72. The minimum atomic E-state index is 0.422. The first-order valence-electron chi connectivity index (χ1n) is 7.09. The number of rotatable bonds is 2. The number of nitriles is 1. The third-order valence-corrected chi connectivity index (χ3v) is 3.60. The summed E-state index contributed by atoms with van der Waals surface area (Å²) in [5.74, 6) is 1.46. The lowest BCUT2D eigenvalue weighted by atomic mass is 10.1. The van der Waals surface area contributed by atoms with Crippen molar-refractivity contribution in [2.75, 3.05) is 18.0 Å². The highest BCUT2D eigenvalue weighted by molar-refractivity contribution is 5.57. The normalized spacial score (nSPS) is 22.0. The first kappa shape index (κ1) is 13.6. The van der Waals surface area contributed by atoms with Gasteiger partial charge in [-0.2, -0.15) is 10.2 Å². The third kappa shape index (κ3) is 2.88. The highest BCUT2D eigenvalue weighted by Gasteiger charge is 2.23.